The topological polar surface area (TPSA) is 12.0 Å². The van der Waals surface area contributed by atoms with Crippen LogP contribution < -0.4 is 5.32 Å². The van der Waals surface area contributed by atoms with Gasteiger partial charge in [-0.05, 0) is 37.1 Å². The van der Waals surface area contributed by atoms with E-state index >= 15 is 0 Å². The minimum absolute atomic E-state index is 0.664. The van der Waals surface area contributed by atoms with Crippen molar-refractivity contribution in [1.29, 1.82) is 0 Å². The van der Waals surface area contributed by atoms with Crippen LogP contribution >= 0.6 is 0 Å². The van der Waals surface area contributed by atoms with E-state index in [0.717, 1.165) is 23.7 Å². The lowest BCUT2D eigenvalue weighted by Gasteiger charge is -2.34. The van der Waals surface area contributed by atoms with Crippen LogP contribution in [0.25, 0.3) is 0 Å². The third-order valence-electron chi connectivity index (χ3n) is 3.11. The summed E-state index contributed by atoms with van der Waals surface area (Å²) in [5, 5.41) is 3.49. The van der Waals surface area contributed by atoms with Crippen LogP contribution in [-0.2, 0) is 0 Å². The first-order valence-electron chi connectivity index (χ1n) is 6.07. The molecule has 0 radical (unpaired) electrons. The minimum Gasteiger partial charge on any atom is -0.316 e. The summed E-state index contributed by atoms with van der Waals surface area (Å²) in [7, 11) is 2.10. The zero-order valence-corrected chi connectivity index (χ0v) is 11.1. The Hall–Kier alpha value is -0.0400. The largest absolute Gasteiger partial charge is 0.316 e. The molecular formula is C13H29N. The fourth-order valence-corrected chi connectivity index (χ4v) is 2.42. The summed E-state index contributed by atoms with van der Waals surface area (Å²) in [6.07, 6.45) is 1.33. The zero-order chi connectivity index (χ0) is 11.3. The molecule has 0 aromatic rings. The molecule has 0 bridgehead atoms. The van der Waals surface area contributed by atoms with Crippen molar-refractivity contribution in [3.63, 3.8) is 0 Å². The van der Waals surface area contributed by atoms with E-state index in [1.165, 1.54) is 6.42 Å². The van der Waals surface area contributed by atoms with Crippen LogP contribution in [0.2, 0.25) is 0 Å². The predicted molar refractivity (Wildman–Crippen MR) is 65.5 cm³/mol. The average molecular weight is 199 g/mol. The smallest absolute Gasteiger partial charge is 0.0118 e. The molecule has 86 valence electrons. The molecule has 0 saturated carbocycles. The van der Waals surface area contributed by atoms with Gasteiger partial charge in [-0.25, -0.2) is 0 Å². The van der Waals surface area contributed by atoms with Gasteiger partial charge in [0.15, 0.2) is 0 Å². The monoisotopic (exact) mass is 199 g/mol. The molecule has 1 nitrogen and oxygen atoms in total. The van der Waals surface area contributed by atoms with Crippen LogP contribution in [0.5, 0.6) is 0 Å². The van der Waals surface area contributed by atoms with Gasteiger partial charge in [-0.3, -0.25) is 0 Å². The van der Waals surface area contributed by atoms with E-state index in [1.807, 2.05) is 0 Å². The van der Waals surface area contributed by atoms with E-state index in [2.05, 4.69) is 53.9 Å². The van der Waals surface area contributed by atoms with Gasteiger partial charge in [0.05, 0.1) is 0 Å². The number of rotatable bonds is 6. The van der Waals surface area contributed by atoms with Gasteiger partial charge < -0.3 is 5.32 Å². The Morgan fingerprint density at radius 3 is 1.57 bits per heavy atom. The maximum atomic E-state index is 3.49. The third kappa shape index (κ3) is 4.45. The zero-order valence-electron chi connectivity index (χ0n) is 11.1. The maximum Gasteiger partial charge on any atom is 0.0118 e. The summed E-state index contributed by atoms with van der Waals surface area (Å²) in [4.78, 5) is 0. The average Bonchev–Trinajstić information content (AvgIpc) is 2.02. The van der Waals surface area contributed by atoms with E-state index in [0.29, 0.717) is 6.04 Å². The molecule has 1 heteroatoms. The van der Waals surface area contributed by atoms with Gasteiger partial charge in [0.1, 0.15) is 0 Å². The second-order valence-corrected chi connectivity index (χ2v) is 5.60. The Balaban J connectivity index is 4.44. The molecule has 0 aliphatic heterocycles. The third-order valence-corrected chi connectivity index (χ3v) is 3.11. The quantitative estimate of drug-likeness (QED) is 0.690. The normalized spacial score (nSPS) is 16.7. The Morgan fingerprint density at radius 2 is 1.36 bits per heavy atom. The number of hydrogen-bond acceptors (Lipinski definition) is 1. The maximum absolute atomic E-state index is 3.49. The van der Waals surface area contributed by atoms with Crippen molar-refractivity contribution < 1.29 is 0 Å². The molecule has 0 aliphatic carbocycles. The fourth-order valence-electron chi connectivity index (χ4n) is 2.42. The van der Waals surface area contributed by atoms with E-state index < -0.39 is 0 Å². The first-order valence-corrected chi connectivity index (χ1v) is 6.07. The Kier molecular flexibility index (Phi) is 6.43. The first kappa shape index (κ1) is 14.0. The molecule has 14 heavy (non-hydrogen) atoms. The molecule has 0 fully saturated rings. The van der Waals surface area contributed by atoms with Crippen LogP contribution in [-0.4, -0.2) is 13.1 Å². The lowest BCUT2D eigenvalue weighted by molar-refractivity contribution is 0.203. The summed E-state index contributed by atoms with van der Waals surface area (Å²) in [5.41, 5.74) is 0. The fraction of sp³-hybridized carbons (Fsp3) is 1.00. The van der Waals surface area contributed by atoms with Gasteiger partial charge in [0, 0.05) is 6.04 Å². The highest BCUT2D eigenvalue weighted by Gasteiger charge is 2.26. The summed E-state index contributed by atoms with van der Waals surface area (Å²) >= 11 is 0. The van der Waals surface area contributed by atoms with Crippen molar-refractivity contribution >= 4 is 0 Å². The van der Waals surface area contributed by atoms with Crippen molar-refractivity contribution in [2.45, 2.75) is 54.0 Å². The number of nitrogens with one attached hydrogen (secondary N) is 1. The predicted octanol–water partition coefficient (Wildman–Crippen LogP) is 3.55. The molecule has 0 amide bonds. The number of hydrogen-bond donors (Lipinski definition) is 1. The van der Waals surface area contributed by atoms with Crippen molar-refractivity contribution in [1.82, 2.24) is 5.32 Å². The lowest BCUT2D eigenvalue weighted by Crippen LogP contribution is -2.41. The highest BCUT2D eigenvalue weighted by molar-refractivity contribution is 4.80. The lowest BCUT2D eigenvalue weighted by atomic mass is 9.78. The van der Waals surface area contributed by atoms with Gasteiger partial charge in [0.25, 0.3) is 0 Å². The van der Waals surface area contributed by atoms with E-state index in [-0.39, 0.29) is 0 Å². The highest BCUT2D eigenvalue weighted by atomic mass is 14.9. The molecule has 1 N–H and O–H groups in total. The van der Waals surface area contributed by atoms with Crippen molar-refractivity contribution in [2.24, 2.45) is 23.7 Å². The Bertz CT molecular complexity index is 138. The summed E-state index contributed by atoms with van der Waals surface area (Å²) in [6.45, 7) is 14.0. The molecule has 0 spiro atoms. The minimum atomic E-state index is 0.664. The Labute approximate surface area is 90.7 Å². The van der Waals surface area contributed by atoms with Gasteiger partial charge in [-0.1, -0.05) is 41.5 Å². The molecule has 2 unspecified atom stereocenters. The summed E-state index contributed by atoms with van der Waals surface area (Å²) in [6, 6.07) is 0.664. The van der Waals surface area contributed by atoms with Crippen molar-refractivity contribution in [2.75, 3.05) is 7.05 Å². The van der Waals surface area contributed by atoms with Gasteiger partial charge in [-0.2, -0.15) is 0 Å². The Morgan fingerprint density at radius 1 is 0.857 bits per heavy atom. The van der Waals surface area contributed by atoms with Gasteiger partial charge in [-0.15, -0.1) is 0 Å². The van der Waals surface area contributed by atoms with Crippen LogP contribution in [0.1, 0.15) is 48.0 Å². The van der Waals surface area contributed by atoms with E-state index in [4.69, 9.17) is 0 Å². The van der Waals surface area contributed by atoms with Crippen molar-refractivity contribution in [3.05, 3.63) is 0 Å². The van der Waals surface area contributed by atoms with E-state index in [9.17, 15) is 0 Å². The second kappa shape index (κ2) is 6.44. The van der Waals surface area contributed by atoms with Crippen LogP contribution in [0.3, 0.4) is 0 Å². The van der Waals surface area contributed by atoms with E-state index in [1.54, 1.807) is 0 Å². The first-order chi connectivity index (χ1) is 6.40. The molecular weight excluding hydrogens is 170 g/mol. The molecule has 0 rings (SSSR count). The molecule has 2 atom stereocenters. The molecule has 0 aromatic heterocycles. The van der Waals surface area contributed by atoms with Crippen molar-refractivity contribution in [3.8, 4) is 0 Å². The van der Waals surface area contributed by atoms with Crippen LogP contribution in [0.4, 0.5) is 0 Å². The molecule has 0 aliphatic rings. The SMILES string of the molecule is CNC(C(C)C)C(CC(C)C)C(C)C. The molecule has 0 saturated heterocycles. The summed E-state index contributed by atoms with van der Waals surface area (Å²) in [5.74, 6) is 3.11. The highest BCUT2D eigenvalue weighted by Crippen LogP contribution is 2.27. The van der Waals surface area contributed by atoms with Gasteiger partial charge >= 0.3 is 0 Å². The van der Waals surface area contributed by atoms with Crippen LogP contribution in [0, 0.1) is 23.7 Å². The van der Waals surface area contributed by atoms with Gasteiger partial charge in [0.2, 0.25) is 0 Å². The molecule has 0 aromatic carbocycles. The molecule has 0 heterocycles. The second-order valence-electron chi connectivity index (χ2n) is 5.60. The summed E-state index contributed by atoms with van der Waals surface area (Å²) < 4.78 is 0. The van der Waals surface area contributed by atoms with Crippen LogP contribution in [0.15, 0.2) is 0 Å². The standard InChI is InChI=1S/C13H29N/c1-9(2)8-12(10(3)4)13(14-7)11(5)6/h9-14H,8H2,1-7H3.